The number of imidazole rings is 1. The molecular formula is C25H28N4O. The van der Waals surface area contributed by atoms with E-state index in [1.807, 2.05) is 41.8 Å². The van der Waals surface area contributed by atoms with Crippen LogP contribution in [0.25, 0.3) is 11.0 Å². The number of para-hydroxylation sites is 2. The van der Waals surface area contributed by atoms with Crippen molar-refractivity contribution in [1.82, 2.24) is 14.1 Å². The van der Waals surface area contributed by atoms with Crippen LogP contribution < -0.4 is 5.62 Å². The molecule has 4 rings (SSSR count). The summed E-state index contributed by atoms with van der Waals surface area (Å²) in [5.74, 6) is 0. The topological polar surface area (TPSA) is 55.8 Å². The van der Waals surface area contributed by atoms with Gasteiger partial charge in [-0.25, -0.2) is 0 Å². The first kappa shape index (κ1) is 20.1. The fourth-order valence-corrected chi connectivity index (χ4v) is 4.05. The Labute approximate surface area is 177 Å². The first-order valence-corrected chi connectivity index (χ1v) is 10.3. The minimum Gasteiger partial charge on any atom is -0.383 e. The maximum absolute atomic E-state index is 9.03. The highest BCUT2D eigenvalue weighted by atomic mass is 16.5. The zero-order valence-corrected chi connectivity index (χ0v) is 17.8. The minimum absolute atomic E-state index is 0.0295. The maximum Gasteiger partial charge on any atom is 0.203 e. The fourth-order valence-electron chi connectivity index (χ4n) is 4.05. The Balaban J connectivity index is 1.79. The van der Waals surface area contributed by atoms with Crippen LogP contribution in [0.4, 0.5) is 0 Å². The first-order valence-electron chi connectivity index (χ1n) is 10.3. The van der Waals surface area contributed by atoms with Crippen LogP contribution in [0.1, 0.15) is 28.6 Å². The van der Waals surface area contributed by atoms with Crippen molar-refractivity contribution in [2.45, 2.75) is 32.9 Å². The van der Waals surface area contributed by atoms with E-state index in [0.717, 1.165) is 28.8 Å². The molecule has 0 aliphatic heterocycles. The Hall–Kier alpha value is -3.18. The van der Waals surface area contributed by atoms with Crippen molar-refractivity contribution in [3.05, 3.63) is 94.9 Å². The lowest BCUT2D eigenvalue weighted by atomic mass is 10.0. The number of hydrogen-bond donors (Lipinski definition) is 1. The number of pyridine rings is 1. The number of aryl methyl sites for hydroxylation is 2. The molecule has 0 aliphatic carbocycles. The van der Waals surface area contributed by atoms with E-state index >= 15 is 0 Å². The number of nitrogens with zero attached hydrogens (tertiary/aromatic N) is 3. The maximum atomic E-state index is 9.03. The third kappa shape index (κ3) is 4.07. The van der Waals surface area contributed by atoms with Gasteiger partial charge in [0.25, 0.3) is 0 Å². The molecule has 5 nitrogen and oxygen atoms in total. The van der Waals surface area contributed by atoms with Crippen molar-refractivity contribution in [1.29, 1.82) is 5.41 Å². The van der Waals surface area contributed by atoms with Gasteiger partial charge in [-0.1, -0.05) is 48.0 Å². The van der Waals surface area contributed by atoms with E-state index in [1.54, 1.807) is 7.11 Å². The van der Waals surface area contributed by atoms with E-state index in [2.05, 4.69) is 52.9 Å². The third-order valence-corrected chi connectivity index (χ3v) is 5.50. The number of ether oxygens (including phenoxy) is 1. The summed E-state index contributed by atoms with van der Waals surface area (Å²) in [6.45, 7) is 5.20. The van der Waals surface area contributed by atoms with Gasteiger partial charge in [0.1, 0.15) is 0 Å². The molecule has 0 spiro atoms. The molecule has 0 fully saturated rings. The van der Waals surface area contributed by atoms with Gasteiger partial charge < -0.3 is 13.9 Å². The fraction of sp³-hybridized carbons (Fsp3) is 0.280. The van der Waals surface area contributed by atoms with Crippen molar-refractivity contribution in [2.75, 3.05) is 13.7 Å². The van der Waals surface area contributed by atoms with E-state index in [4.69, 9.17) is 10.1 Å². The molecule has 4 aromatic rings. The molecule has 1 N–H and O–H groups in total. The molecule has 2 heterocycles. The van der Waals surface area contributed by atoms with E-state index in [-0.39, 0.29) is 6.04 Å². The van der Waals surface area contributed by atoms with Crippen LogP contribution in [0.3, 0.4) is 0 Å². The normalized spacial score (nSPS) is 12.4. The van der Waals surface area contributed by atoms with Crippen molar-refractivity contribution in [2.24, 2.45) is 0 Å². The van der Waals surface area contributed by atoms with Gasteiger partial charge in [0, 0.05) is 12.8 Å². The summed E-state index contributed by atoms with van der Waals surface area (Å²) in [5.41, 5.74) is 6.98. The SMILES string of the molecule is COCC(Cc1ccc(C)cc1)n1c(=N)n(Cc2cccc(C)n2)c2ccccc21. The Morgan fingerprint density at radius 2 is 1.67 bits per heavy atom. The van der Waals surface area contributed by atoms with Crippen molar-refractivity contribution < 1.29 is 4.74 Å². The zero-order valence-electron chi connectivity index (χ0n) is 17.8. The van der Waals surface area contributed by atoms with Crippen LogP contribution in [-0.2, 0) is 17.7 Å². The quantitative estimate of drug-likeness (QED) is 0.499. The lowest BCUT2D eigenvalue weighted by Gasteiger charge is -2.19. The molecule has 0 amide bonds. The molecule has 154 valence electrons. The Kier molecular flexibility index (Phi) is 5.81. The zero-order chi connectivity index (χ0) is 21.1. The summed E-state index contributed by atoms with van der Waals surface area (Å²) in [6, 6.07) is 22.9. The highest BCUT2D eigenvalue weighted by Gasteiger charge is 2.19. The van der Waals surface area contributed by atoms with Crippen molar-refractivity contribution >= 4 is 11.0 Å². The van der Waals surface area contributed by atoms with Crippen LogP contribution in [0.2, 0.25) is 0 Å². The van der Waals surface area contributed by atoms with Crippen molar-refractivity contribution in [3.8, 4) is 0 Å². The van der Waals surface area contributed by atoms with Crippen molar-refractivity contribution in [3.63, 3.8) is 0 Å². The molecule has 0 saturated carbocycles. The molecule has 2 aromatic carbocycles. The molecule has 30 heavy (non-hydrogen) atoms. The monoisotopic (exact) mass is 400 g/mol. The van der Waals surface area contributed by atoms with Crippen LogP contribution in [0.5, 0.6) is 0 Å². The Morgan fingerprint density at radius 1 is 0.933 bits per heavy atom. The number of benzene rings is 2. The van der Waals surface area contributed by atoms with Gasteiger partial charge in [0.05, 0.1) is 35.9 Å². The molecule has 2 aromatic heterocycles. The average Bonchev–Trinajstić information content (AvgIpc) is 3.01. The predicted octanol–water partition coefficient (Wildman–Crippen LogP) is 4.41. The van der Waals surface area contributed by atoms with Gasteiger partial charge in [-0.15, -0.1) is 0 Å². The third-order valence-electron chi connectivity index (χ3n) is 5.50. The molecule has 1 atom stereocenters. The van der Waals surface area contributed by atoms with Crippen LogP contribution in [-0.4, -0.2) is 27.8 Å². The summed E-state index contributed by atoms with van der Waals surface area (Å²) < 4.78 is 9.72. The number of aromatic nitrogens is 3. The Morgan fingerprint density at radius 3 is 2.37 bits per heavy atom. The minimum atomic E-state index is 0.0295. The van der Waals surface area contributed by atoms with Gasteiger partial charge in [-0.2, -0.15) is 0 Å². The average molecular weight is 401 g/mol. The molecule has 0 aliphatic rings. The second-order valence-electron chi connectivity index (χ2n) is 7.84. The van der Waals surface area contributed by atoms with Crippen LogP contribution in [0.15, 0.2) is 66.7 Å². The number of hydrogen-bond acceptors (Lipinski definition) is 3. The van der Waals surface area contributed by atoms with Crippen LogP contribution >= 0.6 is 0 Å². The highest BCUT2D eigenvalue weighted by molar-refractivity contribution is 5.76. The Bertz CT molecular complexity index is 1200. The van der Waals surface area contributed by atoms with Gasteiger partial charge in [-0.05, 0) is 50.1 Å². The smallest absolute Gasteiger partial charge is 0.203 e. The molecule has 1 unspecified atom stereocenters. The molecule has 0 bridgehead atoms. The first-order chi connectivity index (χ1) is 14.6. The van der Waals surface area contributed by atoms with Gasteiger partial charge >= 0.3 is 0 Å². The number of rotatable bonds is 7. The summed E-state index contributed by atoms with van der Waals surface area (Å²) in [6.07, 6.45) is 0.807. The lowest BCUT2D eigenvalue weighted by molar-refractivity contribution is 0.154. The van der Waals surface area contributed by atoms with E-state index < -0.39 is 0 Å². The second kappa shape index (κ2) is 8.67. The van der Waals surface area contributed by atoms with Gasteiger partial charge in [0.15, 0.2) is 0 Å². The number of methoxy groups -OCH3 is 1. The van der Waals surface area contributed by atoms with Gasteiger partial charge in [0.2, 0.25) is 5.62 Å². The molecule has 0 radical (unpaired) electrons. The predicted molar refractivity (Wildman–Crippen MR) is 120 cm³/mol. The second-order valence-corrected chi connectivity index (χ2v) is 7.84. The largest absolute Gasteiger partial charge is 0.383 e. The summed E-state index contributed by atoms with van der Waals surface area (Å²) >= 11 is 0. The summed E-state index contributed by atoms with van der Waals surface area (Å²) in [4.78, 5) is 4.64. The summed E-state index contributed by atoms with van der Waals surface area (Å²) in [5, 5.41) is 9.03. The number of fused-ring (bicyclic) bond motifs is 1. The molecular weight excluding hydrogens is 372 g/mol. The summed E-state index contributed by atoms with van der Waals surface area (Å²) in [7, 11) is 1.72. The lowest BCUT2D eigenvalue weighted by Crippen LogP contribution is -2.31. The van der Waals surface area contributed by atoms with Crippen LogP contribution in [0, 0.1) is 19.3 Å². The van der Waals surface area contributed by atoms with E-state index in [0.29, 0.717) is 18.8 Å². The molecule has 5 heteroatoms. The van der Waals surface area contributed by atoms with Gasteiger partial charge in [-0.3, -0.25) is 10.4 Å². The molecule has 0 saturated heterocycles. The van der Waals surface area contributed by atoms with E-state index in [1.165, 1.54) is 11.1 Å². The highest BCUT2D eigenvalue weighted by Crippen LogP contribution is 2.22. The standard InChI is InChI=1S/C25H28N4O/c1-18-11-13-20(14-12-18)15-22(17-30-3)29-24-10-5-4-9-23(24)28(25(29)26)16-21-8-6-7-19(2)27-21/h4-14,22,26H,15-17H2,1-3H3. The van der Waals surface area contributed by atoms with E-state index in [9.17, 15) is 0 Å². The number of nitrogens with one attached hydrogen (secondary N) is 1.